The number of hydrogen-bond acceptors (Lipinski definition) is 3. The minimum atomic E-state index is -3.75. The number of nitrogens with two attached hydrogens (primary N) is 1. The summed E-state index contributed by atoms with van der Waals surface area (Å²) in [7, 11) is -3.75. The number of rotatable bonds is 7. The Hall–Kier alpha value is -2.70. The van der Waals surface area contributed by atoms with Gasteiger partial charge in [-0.3, -0.25) is 4.79 Å². The number of carbonyl (C=O) groups excluding carboxylic acids is 1. The molecule has 0 bridgehead atoms. The van der Waals surface area contributed by atoms with Crippen molar-refractivity contribution in [2.24, 2.45) is 16.5 Å². The van der Waals surface area contributed by atoms with Crippen LogP contribution in [-0.4, -0.2) is 14.3 Å². The first kappa shape index (κ1) is 26.6. The maximum atomic E-state index is 12.2. The van der Waals surface area contributed by atoms with Gasteiger partial charge in [0.15, 0.2) is 0 Å². The van der Waals surface area contributed by atoms with Crippen LogP contribution in [0.25, 0.3) is 0 Å². The smallest absolute Gasteiger partial charge is 0.248 e. The number of nitrogens with one attached hydrogen (secondary N) is 1. The van der Waals surface area contributed by atoms with E-state index in [0.717, 1.165) is 11.1 Å². The van der Waals surface area contributed by atoms with Crippen LogP contribution in [0.2, 0.25) is 0 Å². The summed E-state index contributed by atoms with van der Waals surface area (Å²) in [6, 6.07) is 5.71. The first-order chi connectivity index (χ1) is 15.3. The molecule has 1 amide bonds. The van der Waals surface area contributed by atoms with Gasteiger partial charge in [0.2, 0.25) is 15.9 Å². The van der Waals surface area contributed by atoms with Crippen LogP contribution in [0, 0.1) is 11.3 Å². The highest BCUT2D eigenvalue weighted by Crippen LogP contribution is 2.43. The lowest BCUT2D eigenvalue weighted by Crippen LogP contribution is -2.23. The number of primary sulfonamides is 1. The SMILES string of the molecule is CC1=C(/C=C/C(C)=C/C=C/C(C)=C\C(=O)Nc2ccc(S(N)(=O)=O)cc2)C(C)(C)CCC1C. The van der Waals surface area contributed by atoms with E-state index in [9.17, 15) is 13.2 Å². The van der Waals surface area contributed by atoms with Crippen molar-refractivity contribution in [3.8, 4) is 0 Å². The lowest BCUT2D eigenvalue weighted by molar-refractivity contribution is -0.111. The molecule has 0 saturated carbocycles. The second-order valence-corrected chi connectivity index (χ2v) is 11.0. The Kier molecular flexibility index (Phi) is 8.81. The van der Waals surface area contributed by atoms with Crippen LogP contribution in [0.3, 0.4) is 0 Å². The number of amides is 1. The van der Waals surface area contributed by atoms with E-state index in [1.807, 2.05) is 25.2 Å². The largest absolute Gasteiger partial charge is 0.323 e. The van der Waals surface area contributed by atoms with Crippen molar-refractivity contribution in [3.05, 3.63) is 83.0 Å². The molecule has 1 atom stereocenters. The van der Waals surface area contributed by atoms with Crippen molar-refractivity contribution in [1.29, 1.82) is 0 Å². The molecule has 3 N–H and O–H groups in total. The third kappa shape index (κ3) is 7.98. The Morgan fingerprint density at radius 1 is 1.12 bits per heavy atom. The molecule has 0 aliphatic heterocycles. The van der Waals surface area contributed by atoms with Gasteiger partial charge in [0.25, 0.3) is 0 Å². The number of benzene rings is 1. The number of anilines is 1. The van der Waals surface area contributed by atoms with Gasteiger partial charge >= 0.3 is 0 Å². The summed E-state index contributed by atoms with van der Waals surface area (Å²) in [6.07, 6.45) is 14.2. The zero-order valence-corrected chi connectivity index (χ0v) is 21.3. The Morgan fingerprint density at radius 3 is 2.36 bits per heavy atom. The average Bonchev–Trinajstić information content (AvgIpc) is 2.70. The van der Waals surface area contributed by atoms with Crippen LogP contribution < -0.4 is 10.5 Å². The van der Waals surface area contributed by atoms with Crippen LogP contribution in [0.1, 0.15) is 54.4 Å². The van der Waals surface area contributed by atoms with Gasteiger partial charge in [0, 0.05) is 11.8 Å². The molecule has 0 radical (unpaired) electrons. The van der Waals surface area contributed by atoms with Crippen molar-refractivity contribution in [2.75, 3.05) is 5.32 Å². The van der Waals surface area contributed by atoms with Crippen molar-refractivity contribution in [1.82, 2.24) is 0 Å². The van der Waals surface area contributed by atoms with E-state index in [1.54, 1.807) is 0 Å². The molecule has 0 saturated heterocycles. The number of sulfonamides is 1. The van der Waals surface area contributed by atoms with Crippen LogP contribution in [-0.2, 0) is 14.8 Å². The molecular weight excluding hydrogens is 432 g/mol. The van der Waals surface area contributed by atoms with Gasteiger partial charge in [-0.15, -0.1) is 0 Å². The van der Waals surface area contributed by atoms with Gasteiger partial charge in [-0.2, -0.15) is 0 Å². The normalized spacial score (nSPS) is 20.0. The topological polar surface area (TPSA) is 89.3 Å². The Balaban J connectivity index is 1.99. The van der Waals surface area contributed by atoms with E-state index in [-0.39, 0.29) is 16.2 Å². The highest BCUT2D eigenvalue weighted by atomic mass is 32.2. The average molecular weight is 469 g/mol. The standard InChI is InChI=1S/C27H36N2O3S/c1-19(10-15-25-22(4)21(3)16-17-27(25,5)6)8-7-9-20(2)18-26(30)29-23-11-13-24(14-12-23)33(28,31)32/h7-15,18,21H,16-17H2,1-6H3,(H,29,30)(H2,28,31,32)/b9-7+,15-10+,19-8+,20-18-. The van der Waals surface area contributed by atoms with Gasteiger partial charge in [-0.25, -0.2) is 13.6 Å². The molecule has 33 heavy (non-hydrogen) atoms. The van der Waals surface area contributed by atoms with Crippen molar-refractivity contribution in [3.63, 3.8) is 0 Å². The molecule has 2 rings (SSSR count). The summed E-state index contributed by atoms with van der Waals surface area (Å²) in [6.45, 7) is 13.1. The molecule has 1 aromatic carbocycles. The fourth-order valence-corrected chi connectivity index (χ4v) is 4.38. The van der Waals surface area contributed by atoms with Crippen LogP contribution in [0.4, 0.5) is 5.69 Å². The highest BCUT2D eigenvalue weighted by molar-refractivity contribution is 7.89. The van der Waals surface area contributed by atoms with E-state index in [0.29, 0.717) is 11.6 Å². The van der Waals surface area contributed by atoms with E-state index in [4.69, 9.17) is 5.14 Å². The molecule has 5 nitrogen and oxygen atoms in total. The zero-order chi connectivity index (χ0) is 24.8. The van der Waals surface area contributed by atoms with Gasteiger partial charge in [0.1, 0.15) is 0 Å². The maximum Gasteiger partial charge on any atom is 0.248 e. The first-order valence-electron chi connectivity index (χ1n) is 11.2. The van der Waals surface area contributed by atoms with Crippen LogP contribution >= 0.6 is 0 Å². The molecule has 0 fully saturated rings. The molecule has 0 heterocycles. The van der Waals surface area contributed by atoms with E-state index < -0.39 is 10.0 Å². The second kappa shape index (κ2) is 10.9. The maximum absolute atomic E-state index is 12.2. The fraction of sp³-hybridized carbons (Fsp3) is 0.370. The summed E-state index contributed by atoms with van der Waals surface area (Å²) in [5, 5.41) is 7.78. The second-order valence-electron chi connectivity index (χ2n) is 9.47. The van der Waals surface area contributed by atoms with Crippen LogP contribution in [0.5, 0.6) is 0 Å². The summed E-state index contributed by atoms with van der Waals surface area (Å²) in [5.74, 6) is 0.338. The predicted molar refractivity (Wildman–Crippen MR) is 137 cm³/mol. The summed E-state index contributed by atoms with van der Waals surface area (Å²) in [4.78, 5) is 12.2. The summed E-state index contributed by atoms with van der Waals surface area (Å²) < 4.78 is 22.6. The minimum absolute atomic E-state index is 0.000579. The van der Waals surface area contributed by atoms with E-state index in [1.165, 1.54) is 54.3 Å². The molecule has 1 aromatic rings. The van der Waals surface area contributed by atoms with Crippen LogP contribution in [0.15, 0.2) is 87.9 Å². The van der Waals surface area contributed by atoms with Gasteiger partial charge < -0.3 is 5.32 Å². The molecular formula is C27H36N2O3S. The Morgan fingerprint density at radius 2 is 1.76 bits per heavy atom. The Labute approximate surface area is 198 Å². The number of hydrogen-bond donors (Lipinski definition) is 2. The molecule has 0 aromatic heterocycles. The summed E-state index contributed by atoms with van der Waals surface area (Å²) in [5.41, 5.74) is 5.54. The van der Waals surface area contributed by atoms with Gasteiger partial charge in [0.05, 0.1) is 4.90 Å². The number of allylic oxidation sites excluding steroid dienone is 9. The van der Waals surface area contributed by atoms with E-state index >= 15 is 0 Å². The molecule has 1 unspecified atom stereocenters. The minimum Gasteiger partial charge on any atom is -0.323 e. The third-order valence-corrected chi connectivity index (χ3v) is 7.07. The molecule has 1 aliphatic rings. The van der Waals surface area contributed by atoms with Crippen molar-refractivity contribution < 1.29 is 13.2 Å². The zero-order valence-electron chi connectivity index (χ0n) is 20.5. The molecule has 6 heteroatoms. The van der Waals surface area contributed by atoms with E-state index in [2.05, 4.69) is 52.1 Å². The molecule has 178 valence electrons. The quantitative estimate of drug-likeness (QED) is 0.377. The summed E-state index contributed by atoms with van der Waals surface area (Å²) >= 11 is 0. The fourth-order valence-electron chi connectivity index (χ4n) is 3.87. The first-order valence-corrected chi connectivity index (χ1v) is 12.7. The lowest BCUT2D eigenvalue weighted by atomic mass is 9.69. The van der Waals surface area contributed by atoms with Gasteiger partial charge in [-0.05, 0) is 80.4 Å². The van der Waals surface area contributed by atoms with Crippen molar-refractivity contribution in [2.45, 2.75) is 59.3 Å². The predicted octanol–water partition coefficient (Wildman–Crippen LogP) is 6.05. The third-order valence-electron chi connectivity index (χ3n) is 6.14. The highest BCUT2D eigenvalue weighted by Gasteiger charge is 2.29. The number of carbonyl (C=O) groups is 1. The van der Waals surface area contributed by atoms with Gasteiger partial charge in [-0.1, -0.05) is 62.3 Å². The Bertz CT molecular complexity index is 1130. The van der Waals surface area contributed by atoms with Crippen molar-refractivity contribution >= 4 is 21.6 Å². The molecule has 1 aliphatic carbocycles. The lowest BCUT2D eigenvalue weighted by Gasteiger charge is -2.36. The monoisotopic (exact) mass is 468 g/mol. The molecule has 0 spiro atoms.